The number of hydrogen-bond donors (Lipinski definition) is 0. The summed E-state index contributed by atoms with van der Waals surface area (Å²) >= 11 is 0. The second-order valence-electron chi connectivity index (χ2n) is 30.2. The molecule has 0 saturated carbocycles. The molecule has 0 N–H and O–H groups in total. The van der Waals surface area contributed by atoms with Crippen molar-refractivity contribution in [1.29, 1.82) is 0 Å². The van der Waals surface area contributed by atoms with E-state index >= 15 is 0 Å². The largest absolute Gasteiger partial charge is 0.297 e. The van der Waals surface area contributed by atoms with Crippen LogP contribution in [0.3, 0.4) is 0 Å². The first-order chi connectivity index (χ1) is 58.0. The second-order valence-corrected chi connectivity index (χ2v) is 30.2. The molecule has 0 radical (unpaired) electrons. The van der Waals surface area contributed by atoms with E-state index in [2.05, 4.69) is 447 Å². The van der Waals surface area contributed by atoms with Crippen LogP contribution in [0.1, 0.15) is 20.7 Å². The van der Waals surface area contributed by atoms with Gasteiger partial charge in [0.25, 0.3) is 0 Å². The molecule has 0 spiro atoms. The van der Waals surface area contributed by atoms with Gasteiger partial charge in [-0.15, -0.1) is 0 Å². The van der Waals surface area contributed by atoms with Crippen LogP contribution in [0.2, 0.25) is 0 Å². The minimum Gasteiger partial charge on any atom is -0.297 e. The standard InChI is InChI=1S/C43H28N2.C40H28N2.C30H20.2CH4/c1-2-13-31(14-3-1)43-44-39-20-10-11-21-40(39)45(43)34-26-24-30(25-27-34)41-35-16-6-8-18-37(35)42(38-19-9-7-17-36(38)41)33-23-22-29-12-4-5-15-32(29)28-33;1-27-41-37-25-24-31(26-38(37)42(27)32-14-6-3-7-15-32)28-20-22-30(23-21-28)40-35-18-10-8-16-33(35)39(29-12-4-2-5-13-29)34-17-9-11-19-36(34)40;1-2-11-22(12-3-1)29-25-14-6-8-16-27(25)30(28-17-9-7-15-26(28)29)24-19-18-21-10-4-5-13-23(21)20-24;;/h1-28H;2-26H,1H3;1-20H;2*1H4. The fourth-order valence-corrected chi connectivity index (χ4v) is 18.1. The highest BCUT2D eigenvalue weighted by atomic mass is 15.1. The lowest BCUT2D eigenvalue weighted by Crippen LogP contribution is -1.97. The third kappa shape index (κ3) is 13.4. The van der Waals surface area contributed by atoms with Gasteiger partial charge in [-0.1, -0.05) is 397 Å². The van der Waals surface area contributed by atoms with Crippen LogP contribution in [0.5, 0.6) is 0 Å². The number of benzene rings is 21. The van der Waals surface area contributed by atoms with Gasteiger partial charge in [0.05, 0.1) is 22.1 Å². The minimum absolute atomic E-state index is 0. The molecular formula is C115H84N4. The van der Waals surface area contributed by atoms with E-state index in [0.717, 1.165) is 50.7 Å². The van der Waals surface area contributed by atoms with Crippen LogP contribution < -0.4 is 0 Å². The Morgan fingerprint density at radius 2 is 0.454 bits per heavy atom. The van der Waals surface area contributed by atoms with Crippen molar-refractivity contribution in [1.82, 2.24) is 19.1 Å². The zero-order chi connectivity index (χ0) is 77.7. The molecule has 0 atom stereocenters. The first-order valence-electron chi connectivity index (χ1n) is 40.2. The number of para-hydroxylation sites is 3. The Morgan fingerprint density at radius 3 is 0.857 bits per heavy atom. The van der Waals surface area contributed by atoms with Gasteiger partial charge in [-0.25, -0.2) is 9.97 Å². The predicted molar refractivity (Wildman–Crippen MR) is 510 cm³/mol. The highest BCUT2D eigenvalue weighted by molar-refractivity contribution is 6.25. The molecule has 21 aromatic carbocycles. The molecule has 0 bridgehead atoms. The topological polar surface area (TPSA) is 35.6 Å². The molecule has 0 amide bonds. The Balaban J connectivity index is 0.000000120. The van der Waals surface area contributed by atoms with Crippen LogP contribution in [-0.4, -0.2) is 19.1 Å². The number of aromatic nitrogens is 4. The summed E-state index contributed by atoms with van der Waals surface area (Å²) < 4.78 is 4.51. The molecular weight excluding hydrogens is 1440 g/mol. The van der Waals surface area contributed by atoms with Gasteiger partial charge < -0.3 is 0 Å². The number of nitrogens with zero attached hydrogens (tertiary/aromatic N) is 4. The highest BCUT2D eigenvalue weighted by Gasteiger charge is 2.23. The molecule has 119 heavy (non-hydrogen) atoms. The van der Waals surface area contributed by atoms with Crippen LogP contribution in [0.4, 0.5) is 0 Å². The monoisotopic (exact) mass is 1520 g/mol. The average molecular weight is 1520 g/mol. The molecule has 0 aliphatic carbocycles. The Labute approximate surface area is 693 Å². The quantitative estimate of drug-likeness (QED) is 0.128. The van der Waals surface area contributed by atoms with E-state index in [4.69, 9.17) is 9.97 Å². The Bertz CT molecular complexity index is 7550. The van der Waals surface area contributed by atoms with E-state index in [1.807, 2.05) is 12.1 Å². The van der Waals surface area contributed by atoms with Gasteiger partial charge in [-0.2, -0.15) is 0 Å². The van der Waals surface area contributed by atoms with Gasteiger partial charge in [0, 0.05) is 16.9 Å². The molecule has 564 valence electrons. The summed E-state index contributed by atoms with van der Waals surface area (Å²) in [4.78, 5) is 9.87. The summed E-state index contributed by atoms with van der Waals surface area (Å²) in [5.74, 6) is 1.93. The van der Waals surface area contributed by atoms with E-state index in [0.29, 0.717) is 0 Å². The zero-order valence-corrected chi connectivity index (χ0v) is 64.4. The van der Waals surface area contributed by atoms with Gasteiger partial charge in [0.1, 0.15) is 11.6 Å². The number of fused-ring (bicyclic) bond motifs is 10. The van der Waals surface area contributed by atoms with Crippen molar-refractivity contribution >= 4 is 108 Å². The molecule has 0 saturated heterocycles. The van der Waals surface area contributed by atoms with E-state index in [-0.39, 0.29) is 14.9 Å². The summed E-state index contributed by atoms with van der Waals surface area (Å²) in [6.07, 6.45) is 0. The first kappa shape index (κ1) is 73.8. The smallest absolute Gasteiger partial charge is 0.145 e. The Kier molecular flexibility index (Phi) is 19.7. The number of aryl methyl sites for hydroxylation is 1. The molecule has 0 aliphatic heterocycles. The normalized spacial score (nSPS) is 11.3. The fraction of sp³-hybridized carbons (Fsp3) is 0.0261. The maximum absolute atomic E-state index is 5.04. The van der Waals surface area contributed by atoms with Gasteiger partial charge in [0.15, 0.2) is 0 Å². The van der Waals surface area contributed by atoms with Gasteiger partial charge in [-0.3, -0.25) is 9.13 Å². The van der Waals surface area contributed by atoms with Gasteiger partial charge >= 0.3 is 0 Å². The van der Waals surface area contributed by atoms with Crippen molar-refractivity contribution in [2.75, 3.05) is 0 Å². The number of hydrogen-bond acceptors (Lipinski definition) is 2. The Hall–Kier alpha value is -15.4. The predicted octanol–water partition coefficient (Wildman–Crippen LogP) is 31.9. The Morgan fingerprint density at radius 1 is 0.176 bits per heavy atom. The second kappa shape index (κ2) is 31.8. The lowest BCUT2D eigenvalue weighted by molar-refractivity contribution is 1.00. The zero-order valence-electron chi connectivity index (χ0n) is 64.4. The van der Waals surface area contributed by atoms with Gasteiger partial charge in [-0.05, 0) is 232 Å². The van der Waals surface area contributed by atoms with Crippen LogP contribution in [0.25, 0.3) is 209 Å². The first-order valence-corrected chi connectivity index (χ1v) is 40.2. The molecule has 23 rings (SSSR count). The van der Waals surface area contributed by atoms with Crippen molar-refractivity contribution < 1.29 is 0 Å². The van der Waals surface area contributed by atoms with Crippen molar-refractivity contribution in [3.05, 3.63) is 449 Å². The van der Waals surface area contributed by atoms with Crippen LogP contribution in [0, 0.1) is 6.92 Å². The van der Waals surface area contributed by atoms with Crippen molar-refractivity contribution in [3.8, 4) is 101 Å². The van der Waals surface area contributed by atoms with Crippen LogP contribution >= 0.6 is 0 Å². The van der Waals surface area contributed by atoms with Crippen molar-refractivity contribution in [3.63, 3.8) is 0 Å². The maximum Gasteiger partial charge on any atom is 0.145 e. The van der Waals surface area contributed by atoms with Crippen LogP contribution in [-0.2, 0) is 0 Å². The van der Waals surface area contributed by atoms with Crippen LogP contribution in [0.15, 0.2) is 443 Å². The lowest BCUT2D eigenvalue weighted by atomic mass is 9.85. The van der Waals surface area contributed by atoms with Gasteiger partial charge in [0.2, 0.25) is 0 Å². The molecule has 23 aromatic rings. The molecule has 0 fully saturated rings. The molecule has 4 heteroatoms. The summed E-state index contributed by atoms with van der Waals surface area (Å²) in [5.41, 5.74) is 25.1. The van der Waals surface area contributed by atoms with E-state index in [1.165, 1.54) is 164 Å². The van der Waals surface area contributed by atoms with E-state index in [9.17, 15) is 0 Å². The lowest BCUT2D eigenvalue weighted by Gasteiger charge is -2.18. The minimum atomic E-state index is 0. The molecule has 0 aliphatic rings. The summed E-state index contributed by atoms with van der Waals surface area (Å²) in [6.45, 7) is 2.07. The molecule has 2 heterocycles. The number of imidazole rings is 2. The third-order valence-corrected chi connectivity index (χ3v) is 23.3. The third-order valence-electron chi connectivity index (χ3n) is 23.3. The van der Waals surface area contributed by atoms with E-state index < -0.39 is 0 Å². The summed E-state index contributed by atoms with van der Waals surface area (Å²) in [6, 6.07) is 159. The van der Waals surface area contributed by atoms with Crippen molar-refractivity contribution in [2.45, 2.75) is 21.8 Å². The van der Waals surface area contributed by atoms with E-state index in [1.54, 1.807) is 0 Å². The SMILES string of the molecule is C.C.Cc1nc2ccc(-c3ccc(-c4c5ccccc5c(-c5ccccc5)c5ccccc45)cc3)cc2n1-c1ccccc1.c1ccc(-c2c3ccccc3c(-c3ccc4ccccc4c3)c3ccccc23)cc1.c1ccc(-c2nc3ccccc3n2-c2ccc(-c3c4ccccc4c(-c4ccc5ccccc5c4)c4ccccc34)cc2)cc1. The average Bonchev–Trinajstić information content (AvgIpc) is 1.68. The molecule has 4 nitrogen and oxygen atoms in total. The number of rotatable bonds is 10. The van der Waals surface area contributed by atoms with Crippen molar-refractivity contribution in [2.24, 2.45) is 0 Å². The summed E-state index contributed by atoms with van der Waals surface area (Å²) in [7, 11) is 0. The fourth-order valence-electron chi connectivity index (χ4n) is 18.1. The molecule has 2 aromatic heterocycles. The summed E-state index contributed by atoms with van der Waals surface area (Å²) in [5, 5.41) is 20.4. The maximum atomic E-state index is 5.04. The molecule has 0 unspecified atom stereocenters. The highest BCUT2D eigenvalue weighted by Crippen LogP contribution is 2.49.